The van der Waals surface area contributed by atoms with E-state index in [9.17, 15) is 0 Å². The van der Waals surface area contributed by atoms with Crippen LogP contribution in [0.5, 0.6) is 0 Å². The number of hydrogen-bond donors (Lipinski definition) is 0. The maximum Gasteiger partial charge on any atom is 0.231 e. The highest BCUT2D eigenvalue weighted by molar-refractivity contribution is 6.28. The molecule has 0 saturated carbocycles. The second-order valence-corrected chi connectivity index (χ2v) is 5.06. The van der Waals surface area contributed by atoms with Crippen molar-refractivity contribution in [1.82, 2.24) is 15.0 Å². The minimum atomic E-state index is 0.216. The topological polar surface area (TPSA) is 54.4 Å². The Bertz CT molecular complexity index is 412. The van der Waals surface area contributed by atoms with Crippen LogP contribution in [0, 0.1) is 0 Å². The van der Waals surface area contributed by atoms with Crippen LogP contribution in [0.25, 0.3) is 0 Å². The molecule has 0 N–H and O–H groups in total. The maximum absolute atomic E-state index is 5.99. The van der Waals surface area contributed by atoms with Gasteiger partial charge >= 0.3 is 0 Å². The number of likely N-dealkylation sites (N-methyl/N-ethyl adjacent to an activating group) is 1. The first-order valence-corrected chi connectivity index (χ1v) is 7.34. The molecule has 0 aromatic carbocycles. The van der Waals surface area contributed by atoms with E-state index in [1.165, 1.54) is 0 Å². The number of aromatic nitrogens is 3. The second kappa shape index (κ2) is 8.21. The summed E-state index contributed by atoms with van der Waals surface area (Å²) in [5, 5.41) is 0.216. The molecular formula is C13H24ClN5O. The summed E-state index contributed by atoms with van der Waals surface area (Å²) in [5.41, 5.74) is 0. The first kappa shape index (κ1) is 16.9. The molecule has 0 fully saturated rings. The molecule has 114 valence electrons. The van der Waals surface area contributed by atoms with Crippen LogP contribution < -0.4 is 9.80 Å². The van der Waals surface area contributed by atoms with Crippen LogP contribution in [-0.2, 0) is 4.74 Å². The molecule has 1 aromatic rings. The molecule has 0 aliphatic heterocycles. The predicted octanol–water partition coefficient (Wildman–Crippen LogP) is 2.23. The summed E-state index contributed by atoms with van der Waals surface area (Å²) in [7, 11) is 1.92. The zero-order valence-electron chi connectivity index (χ0n) is 12.9. The molecule has 0 atom stereocenters. The fourth-order valence-corrected chi connectivity index (χ4v) is 1.82. The Labute approximate surface area is 126 Å². The fraction of sp³-hybridized carbons (Fsp3) is 0.769. The van der Waals surface area contributed by atoms with Gasteiger partial charge in [-0.25, -0.2) is 0 Å². The summed E-state index contributed by atoms with van der Waals surface area (Å²) in [6.07, 6.45) is 0.219. The van der Waals surface area contributed by atoms with Crippen LogP contribution in [0.1, 0.15) is 27.7 Å². The van der Waals surface area contributed by atoms with Gasteiger partial charge in [-0.3, -0.25) is 0 Å². The summed E-state index contributed by atoms with van der Waals surface area (Å²) < 4.78 is 5.53. The van der Waals surface area contributed by atoms with Crippen molar-refractivity contribution in [1.29, 1.82) is 0 Å². The zero-order valence-corrected chi connectivity index (χ0v) is 13.7. The van der Waals surface area contributed by atoms with Crippen molar-refractivity contribution < 1.29 is 4.74 Å². The van der Waals surface area contributed by atoms with Crippen molar-refractivity contribution in [2.24, 2.45) is 0 Å². The largest absolute Gasteiger partial charge is 0.377 e. The lowest BCUT2D eigenvalue weighted by atomic mass is 10.5. The van der Waals surface area contributed by atoms with Gasteiger partial charge in [0.05, 0.1) is 12.7 Å². The Morgan fingerprint density at radius 2 is 1.70 bits per heavy atom. The minimum absolute atomic E-state index is 0.216. The van der Waals surface area contributed by atoms with Crippen LogP contribution in [-0.4, -0.2) is 54.3 Å². The van der Waals surface area contributed by atoms with E-state index < -0.39 is 0 Å². The van der Waals surface area contributed by atoms with E-state index in [-0.39, 0.29) is 11.4 Å². The van der Waals surface area contributed by atoms with E-state index in [0.29, 0.717) is 25.0 Å². The van der Waals surface area contributed by atoms with E-state index in [4.69, 9.17) is 16.3 Å². The lowest BCUT2D eigenvalue weighted by molar-refractivity contribution is 0.0844. The normalized spacial score (nSPS) is 10.9. The van der Waals surface area contributed by atoms with E-state index in [2.05, 4.69) is 28.8 Å². The standard InChI is InChI=1S/C13H24ClN5O/c1-6-19(7-2)13-16-11(14)15-12(17-13)18(5)8-9-20-10(3)4/h10H,6-9H2,1-5H3. The van der Waals surface area contributed by atoms with Crippen LogP contribution in [0.2, 0.25) is 5.28 Å². The summed E-state index contributed by atoms with van der Waals surface area (Å²) in [5.74, 6) is 1.18. The van der Waals surface area contributed by atoms with Gasteiger partial charge < -0.3 is 14.5 Å². The summed E-state index contributed by atoms with van der Waals surface area (Å²) >= 11 is 5.99. The molecule has 7 heteroatoms. The molecule has 6 nitrogen and oxygen atoms in total. The fourth-order valence-electron chi connectivity index (χ4n) is 1.67. The quantitative estimate of drug-likeness (QED) is 0.734. The van der Waals surface area contributed by atoms with Gasteiger partial charge in [-0.15, -0.1) is 0 Å². The molecule has 0 unspecified atom stereocenters. The third-order valence-electron chi connectivity index (χ3n) is 2.85. The lowest BCUT2D eigenvalue weighted by Gasteiger charge is -2.22. The molecule has 0 bridgehead atoms. The Morgan fingerprint density at radius 3 is 2.25 bits per heavy atom. The van der Waals surface area contributed by atoms with Gasteiger partial charge in [0, 0.05) is 26.7 Å². The molecule has 20 heavy (non-hydrogen) atoms. The van der Waals surface area contributed by atoms with Crippen molar-refractivity contribution in [3.05, 3.63) is 5.28 Å². The molecule has 0 aliphatic carbocycles. The van der Waals surface area contributed by atoms with Crippen LogP contribution in [0.15, 0.2) is 0 Å². The van der Waals surface area contributed by atoms with E-state index >= 15 is 0 Å². The Balaban J connectivity index is 2.78. The maximum atomic E-state index is 5.99. The van der Waals surface area contributed by atoms with Gasteiger partial charge in [0.1, 0.15) is 0 Å². The van der Waals surface area contributed by atoms with Crippen molar-refractivity contribution in [2.75, 3.05) is 43.1 Å². The molecule has 0 aliphatic rings. The summed E-state index contributed by atoms with van der Waals surface area (Å²) in [4.78, 5) is 16.8. The van der Waals surface area contributed by atoms with Gasteiger partial charge in [0.15, 0.2) is 0 Å². The number of hydrogen-bond acceptors (Lipinski definition) is 6. The van der Waals surface area contributed by atoms with E-state index in [0.717, 1.165) is 13.1 Å². The smallest absolute Gasteiger partial charge is 0.231 e. The first-order chi connectivity index (χ1) is 9.47. The third kappa shape index (κ3) is 5.09. The molecule has 1 rings (SSSR count). The Kier molecular flexibility index (Phi) is 6.95. The predicted molar refractivity (Wildman–Crippen MR) is 82.8 cm³/mol. The number of rotatable bonds is 8. The minimum Gasteiger partial charge on any atom is -0.377 e. The van der Waals surface area contributed by atoms with Crippen molar-refractivity contribution in [3.8, 4) is 0 Å². The summed E-state index contributed by atoms with van der Waals surface area (Å²) in [6, 6.07) is 0. The molecule has 0 spiro atoms. The molecule has 1 aromatic heterocycles. The number of nitrogens with zero attached hydrogens (tertiary/aromatic N) is 5. The highest BCUT2D eigenvalue weighted by Gasteiger charge is 2.13. The van der Waals surface area contributed by atoms with Gasteiger partial charge in [0.25, 0.3) is 0 Å². The van der Waals surface area contributed by atoms with Crippen LogP contribution >= 0.6 is 11.6 Å². The highest BCUT2D eigenvalue weighted by Crippen LogP contribution is 2.15. The molecule has 0 amide bonds. The Hall–Kier alpha value is -1.14. The monoisotopic (exact) mass is 301 g/mol. The molecule has 0 radical (unpaired) electrons. The Morgan fingerprint density at radius 1 is 1.10 bits per heavy atom. The molecule has 1 heterocycles. The summed E-state index contributed by atoms with van der Waals surface area (Å²) in [6.45, 7) is 11.1. The molecular weight excluding hydrogens is 278 g/mol. The number of anilines is 2. The average molecular weight is 302 g/mol. The average Bonchev–Trinajstić information content (AvgIpc) is 2.39. The van der Waals surface area contributed by atoms with Gasteiger partial charge in [-0.2, -0.15) is 15.0 Å². The zero-order chi connectivity index (χ0) is 15.1. The lowest BCUT2D eigenvalue weighted by Crippen LogP contribution is -2.29. The van der Waals surface area contributed by atoms with Gasteiger partial charge in [0.2, 0.25) is 17.2 Å². The number of halogens is 1. The van der Waals surface area contributed by atoms with Crippen molar-refractivity contribution >= 4 is 23.5 Å². The van der Waals surface area contributed by atoms with Gasteiger partial charge in [-0.05, 0) is 39.3 Å². The number of ether oxygens (including phenoxy) is 1. The van der Waals surface area contributed by atoms with E-state index in [1.807, 2.05) is 30.7 Å². The molecule has 0 saturated heterocycles. The van der Waals surface area contributed by atoms with E-state index in [1.54, 1.807) is 0 Å². The van der Waals surface area contributed by atoms with Crippen LogP contribution in [0.4, 0.5) is 11.9 Å². The second-order valence-electron chi connectivity index (χ2n) is 4.72. The first-order valence-electron chi connectivity index (χ1n) is 6.97. The highest BCUT2D eigenvalue weighted by atomic mass is 35.5. The van der Waals surface area contributed by atoms with Crippen molar-refractivity contribution in [3.63, 3.8) is 0 Å². The van der Waals surface area contributed by atoms with Gasteiger partial charge in [-0.1, -0.05) is 0 Å². The SMILES string of the molecule is CCN(CC)c1nc(Cl)nc(N(C)CCOC(C)C)n1. The van der Waals surface area contributed by atoms with Crippen LogP contribution in [0.3, 0.4) is 0 Å². The van der Waals surface area contributed by atoms with Crippen molar-refractivity contribution in [2.45, 2.75) is 33.8 Å². The third-order valence-corrected chi connectivity index (χ3v) is 3.02.